The van der Waals surface area contributed by atoms with Gasteiger partial charge in [-0.25, -0.2) is 23.6 Å². The van der Waals surface area contributed by atoms with Crippen molar-refractivity contribution < 1.29 is 37.8 Å². The van der Waals surface area contributed by atoms with Crippen LogP contribution in [0.5, 0.6) is 5.75 Å². The quantitative estimate of drug-likeness (QED) is 0.358. The van der Waals surface area contributed by atoms with Gasteiger partial charge in [0, 0.05) is 38.2 Å². The molecule has 3 atom stereocenters. The van der Waals surface area contributed by atoms with Crippen molar-refractivity contribution in [2.24, 2.45) is 0 Å². The Morgan fingerprint density at radius 3 is 2.45 bits per heavy atom. The fourth-order valence-corrected chi connectivity index (χ4v) is 5.68. The smallest absolute Gasteiger partial charge is 0.334 e. The maximum absolute atomic E-state index is 14.9. The number of likely N-dealkylation sites (N-methyl/N-ethyl adjacent to an activating group) is 1. The van der Waals surface area contributed by atoms with Crippen LogP contribution in [0, 0.1) is 11.6 Å². The van der Waals surface area contributed by atoms with Gasteiger partial charge in [-0.3, -0.25) is 14.4 Å². The number of rotatable bonds is 9. The van der Waals surface area contributed by atoms with Crippen LogP contribution in [0.1, 0.15) is 16.7 Å². The summed E-state index contributed by atoms with van der Waals surface area (Å²) in [7, 11) is 1.55. The van der Waals surface area contributed by atoms with E-state index in [4.69, 9.17) is 4.74 Å². The van der Waals surface area contributed by atoms with Gasteiger partial charge in [-0.05, 0) is 29.3 Å². The van der Waals surface area contributed by atoms with E-state index < -0.39 is 54.3 Å². The van der Waals surface area contributed by atoms with Gasteiger partial charge >= 0.3 is 6.03 Å². The van der Waals surface area contributed by atoms with Crippen molar-refractivity contribution in [1.82, 2.24) is 25.1 Å². The van der Waals surface area contributed by atoms with Crippen LogP contribution < -0.4 is 5.32 Å². The average Bonchev–Trinajstić information content (AvgIpc) is 3.00. The predicted molar refractivity (Wildman–Crippen MR) is 152 cm³/mol. The molecule has 5 rings (SSSR count). The maximum Gasteiger partial charge on any atom is 0.334 e. The van der Waals surface area contributed by atoms with Crippen molar-refractivity contribution >= 4 is 24.3 Å². The van der Waals surface area contributed by atoms with Crippen LogP contribution in [0.4, 0.5) is 13.6 Å². The first-order valence-electron chi connectivity index (χ1n) is 13.9. The van der Waals surface area contributed by atoms with E-state index in [0.29, 0.717) is 11.6 Å². The summed E-state index contributed by atoms with van der Waals surface area (Å²) in [5, 5.41) is 15.3. The molecule has 0 aromatic heterocycles. The van der Waals surface area contributed by atoms with E-state index in [1.165, 1.54) is 38.0 Å². The third-order valence-corrected chi connectivity index (χ3v) is 7.75. The second-order valence-electron chi connectivity index (χ2n) is 10.6. The number of ether oxygens (including phenoxy) is 1. The number of aromatic hydroxyl groups is 1. The lowest BCUT2D eigenvalue weighted by Crippen LogP contribution is -2.79. The molecule has 11 nitrogen and oxygen atoms in total. The molecule has 0 bridgehead atoms. The van der Waals surface area contributed by atoms with Crippen LogP contribution in [0.25, 0.3) is 0 Å². The van der Waals surface area contributed by atoms with Gasteiger partial charge in [0.05, 0.1) is 6.54 Å². The summed E-state index contributed by atoms with van der Waals surface area (Å²) in [4.78, 5) is 55.6. The molecule has 2 aliphatic heterocycles. The Bertz CT molecular complexity index is 1530. The fourth-order valence-electron chi connectivity index (χ4n) is 5.68. The summed E-state index contributed by atoms with van der Waals surface area (Å²) in [6.45, 7) is -0.661. The highest BCUT2D eigenvalue weighted by Crippen LogP contribution is 2.33. The Kier molecular flexibility index (Phi) is 9.04. The van der Waals surface area contributed by atoms with Crippen molar-refractivity contribution in [3.8, 4) is 5.75 Å². The molecule has 0 saturated carbocycles. The predicted octanol–water partition coefficient (Wildman–Crippen LogP) is 2.39. The Hall–Kier alpha value is -5.04. The molecule has 13 heteroatoms. The number of carbonyl (C=O) groups is 4. The third kappa shape index (κ3) is 6.32. The molecule has 2 N–H and O–H groups in total. The number of hydrazine groups is 1. The Morgan fingerprint density at radius 2 is 1.77 bits per heavy atom. The minimum Gasteiger partial charge on any atom is -0.508 e. The van der Waals surface area contributed by atoms with Crippen LogP contribution in [-0.2, 0) is 38.6 Å². The second kappa shape index (κ2) is 13.1. The zero-order valence-corrected chi connectivity index (χ0v) is 23.8. The van der Waals surface area contributed by atoms with E-state index in [9.17, 15) is 33.1 Å². The number of piperazine rings is 1. The monoisotopic (exact) mass is 607 g/mol. The maximum atomic E-state index is 14.9. The number of carbonyl (C=O) groups excluding carboxylic acids is 4. The van der Waals surface area contributed by atoms with Crippen LogP contribution in [0.2, 0.25) is 0 Å². The molecular formula is C31H31F2N5O6. The van der Waals surface area contributed by atoms with Crippen LogP contribution in [0.3, 0.4) is 0 Å². The lowest BCUT2D eigenvalue weighted by Gasteiger charge is -2.57. The summed E-state index contributed by atoms with van der Waals surface area (Å²) < 4.78 is 33.7. The Morgan fingerprint density at radius 1 is 1.05 bits per heavy atom. The SMILES string of the molecule is CN1CC(=O)N2C([C@H](COC=O)N(Cc3ccc(F)cc3F)C(=O)[C@@H]2Cc2ccc(O)cc2)N1C(=O)NCc1ccccc1. The zero-order valence-electron chi connectivity index (χ0n) is 23.8. The van der Waals surface area contributed by atoms with Crippen LogP contribution in [-0.4, -0.2) is 87.7 Å². The van der Waals surface area contributed by atoms with E-state index in [0.717, 1.165) is 11.6 Å². The van der Waals surface area contributed by atoms with E-state index in [1.54, 1.807) is 19.2 Å². The molecule has 0 radical (unpaired) electrons. The number of halogens is 2. The number of benzene rings is 3. The van der Waals surface area contributed by atoms with Gasteiger partial charge in [-0.2, -0.15) is 0 Å². The summed E-state index contributed by atoms with van der Waals surface area (Å²) in [5.74, 6) is -2.71. The number of hydrogen-bond donors (Lipinski definition) is 2. The Balaban J connectivity index is 1.57. The van der Waals surface area contributed by atoms with Gasteiger partial charge in [0.15, 0.2) is 0 Å². The number of nitrogens with one attached hydrogen (secondary N) is 1. The largest absolute Gasteiger partial charge is 0.508 e. The molecule has 3 aromatic carbocycles. The molecule has 44 heavy (non-hydrogen) atoms. The lowest BCUT2D eigenvalue weighted by atomic mass is 9.94. The second-order valence-corrected chi connectivity index (χ2v) is 10.6. The molecular weight excluding hydrogens is 576 g/mol. The summed E-state index contributed by atoms with van der Waals surface area (Å²) in [5.41, 5.74) is 1.43. The van der Waals surface area contributed by atoms with Crippen molar-refractivity contribution in [2.45, 2.75) is 37.8 Å². The van der Waals surface area contributed by atoms with Crippen LogP contribution in [0.15, 0.2) is 72.8 Å². The topological polar surface area (TPSA) is 123 Å². The van der Waals surface area contributed by atoms with Gasteiger partial charge in [0.25, 0.3) is 6.47 Å². The first kappa shape index (κ1) is 30.4. The number of hydrogen-bond acceptors (Lipinski definition) is 7. The number of urea groups is 1. The standard InChI is InChI=1S/C31H31F2N5O6/c1-35-17-28(41)37-26(13-20-7-11-24(40)12-8-20)30(42)36(16-22-9-10-23(32)14-25(22)33)27(18-44-19-39)29(37)38(35)31(43)34-15-21-5-3-2-4-6-21/h2-12,14,19,26-27,29,40H,13,15-18H2,1H3,(H,34,43)/t26-,27-,29?/m0/s1. The van der Waals surface area contributed by atoms with Crippen molar-refractivity contribution in [1.29, 1.82) is 0 Å². The molecule has 1 unspecified atom stereocenters. The highest BCUT2D eigenvalue weighted by molar-refractivity contribution is 5.92. The molecule has 4 amide bonds. The number of phenols is 1. The molecule has 2 aliphatic rings. The zero-order chi connectivity index (χ0) is 31.4. The van der Waals surface area contributed by atoms with Crippen molar-refractivity contribution in [3.05, 3.63) is 101 Å². The van der Waals surface area contributed by atoms with E-state index in [1.807, 2.05) is 30.3 Å². The number of fused-ring (bicyclic) bond motifs is 1. The van der Waals surface area contributed by atoms with Gasteiger partial charge in [-0.1, -0.05) is 48.5 Å². The highest BCUT2D eigenvalue weighted by atomic mass is 19.1. The van der Waals surface area contributed by atoms with E-state index >= 15 is 0 Å². The van der Waals surface area contributed by atoms with Crippen LogP contribution >= 0.6 is 0 Å². The normalized spacial score (nSPS) is 20.3. The fraction of sp³-hybridized carbons (Fsp3) is 0.290. The molecule has 0 spiro atoms. The number of nitrogens with zero attached hydrogens (tertiary/aromatic N) is 4. The molecule has 2 heterocycles. The minimum atomic E-state index is -1.17. The molecule has 3 aromatic rings. The van der Waals surface area contributed by atoms with Gasteiger partial charge in [0.1, 0.15) is 42.2 Å². The highest BCUT2D eigenvalue weighted by Gasteiger charge is 2.55. The van der Waals surface area contributed by atoms with E-state index in [2.05, 4.69) is 5.32 Å². The van der Waals surface area contributed by atoms with Gasteiger partial charge in [-0.15, -0.1) is 0 Å². The molecule has 0 aliphatic carbocycles. The Labute approximate surface area is 252 Å². The molecule has 2 saturated heterocycles. The summed E-state index contributed by atoms with van der Waals surface area (Å²) in [6.07, 6.45) is -1.16. The van der Waals surface area contributed by atoms with E-state index in [-0.39, 0.29) is 43.8 Å². The average molecular weight is 608 g/mol. The molecule has 2 fully saturated rings. The number of amides is 4. The number of phenolic OH excluding ortho intramolecular Hbond substituents is 1. The summed E-state index contributed by atoms with van der Waals surface area (Å²) >= 11 is 0. The molecule has 230 valence electrons. The van der Waals surface area contributed by atoms with Crippen molar-refractivity contribution in [3.63, 3.8) is 0 Å². The van der Waals surface area contributed by atoms with Gasteiger partial charge < -0.3 is 25.0 Å². The first-order chi connectivity index (χ1) is 21.2. The first-order valence-corrected chi connectivity index (χ1v) is 13.9. The summed E-state index contributed by atoms with van der Waals surface area (Å²) in [6, 6.07) is 15.4. The van der Waals surface area contributed by atoms with Crippen molar-refractivity contribution in [2.75, 3.05) is 20.2 Å². The van der Waals surface area contributed by atoms with Gasteiger partial charge in [0.2, 0.25) is 11.8 Å². The lowest BCUT2D eigenvalue weighted by molar-refractivity contribution is -0.201. The minimum absolute atomic E-state index is 0.00813. The third-order valence-electron chi connectivity index (χ3n) is 7.75.